The number of halogens is 2. The van der Waals surface area contributed by atoms with Crippen molar-refractivity contribution in [3.63, 3.8) is 0 Å². The molecule has 1 nitrogen and oxygen atoms in total. The Balaban J connectivity index is 2.27. The summed E-state index contributed by atoms with van der Waals surface area (Å²) in [7, 11) is 0. The minimum Gasteiger partial charge on any atom is -0.393 e. The Morgan fingerprint density at radius 1 is 1.14 bits per heavy atom. The highest BCUT2D eigenvalue weighted by Gasteiger charge is 2.11. The lowest BCUT2D eigenvalue weighted by Crippen LogP contribution is -2.12. The lowest BCUT2D eigenvalue weighted by atomic mass is 10.1. The predicted molar refractivity (Wildman–Crippen MR) is 51.4 cm³/mol. The Morgan fingerprint density at radius 2 is 1.79 bits per heavy atom. The summed E-state index contributed by atoms with van der Waals surface area (Å²) in [6.45, 7) is 0. The number of rotatable bonds is 5. The van der Waals surface area contributed by atoms with Gasteiger partial charge in [-0.25, -0.2) is 8.78 Å². The van der Waals surface area contributed by atoms with Gasteiger partial charge in [-0.2, -0.15) is 0 Å². The van der Waals surface area contributed by atoms with E-state index in [2.05, 4.69) is 0 Å². The molecule has 0 amide bonds. The summed E-state index contributed by atoms with van der Waals surface area (Å²) in [5.41, 5.74) is 1.07. The zero-order valence-corrected chi connectivity index (χ0v) is 7.87. The van der Waals surface area contributed by atoms with Crippen LogP contribution in [0.2, 0.25) is 0 Å². The van der Waals surface area contributed by atoms with Crippen LogP contribution in [0.3, 0.4) is 0 Å². The first kappa shape index (κ1) is 11.1. The van der Waals surface area contributed by atoms with Crippen LogP contribution in [-0.4, -0.2) is 17.6 Å². The molecule has 0 aliphatic carbocycles. The summed E-state index contributed by atoms with van der Waals surface area (Å²) in [6.07, 6.45) is -2.69. The van der Waals surface area contributed by atoms with Crippen molar-refractivity contribution in [2.75, 3.05) is 0 Å². The van der Waals surface area contributed by atoms with Crippen LogP contribution < -0.4 is 0 Å². The van der Waals surface area contributed by atoms with Crippen molar-refractivity contribution in [2.45, 2.75) is 31.8 Å². The molecule has 0 saturated heterocycles. The Labute approximate surface area is 82.4 Å². The smallest absolute Gasteiger partial charge is 0.241 e. The fourth-order valence-electron chi connectivity index (χ4n) is 1.30. The summed E-state index contributed by atoms with van der Waals surface area (Å²) < 4.78 is 23.7. The second-order valence-electron chi connectivity index (χ2n) is 3.30. The van der Waals surface area contributed by atoms with Crippen LogP contribution in [0, 0.1) is 0 Å². The van der Waals surface area contributed by atoms with E-state index in [-0.39, 0.29) is 0 Å². The van der Waals surface area contributed by atoms with E-state index < -0.39 is 19.0 Å². The third kappa shape index (κ3) is 4.33. The van der Waals surface area contributed by atoms with Crippen LogP contribution in [0.15, 0.2) is 30.3 Å². The molecule has 1 atom stereocenters. The standard InChI is InChI=1S/C11H14F2O/c12-11(13)8-10(14)7-6-9-4-2-1-3-5-9/h1-5,10-11,14H,6-8H2. The highest BCUT2D eigenvalue weighted by atomic mass is 19.3. The molecular formula is C11H14F2O. The summed E-state index contributed by atoms with van der Waals surface area (Å²) in [5, 5.41) is 9.20. The van der Waals surface area contributed by atoms with Crippen LogP contribution in [0.5, 0.6) is 0 Å². The summed E-state index contributed by atoms with van der Waals surface area (Å²) in [6, 6.07) is 9.55. The third-order valence-electron chi connectivity index (χ3n) is 2.06. The van der Waals surface area contributed by atoms with E-state index >= 15 is 0 Å². The Hall–Kier alpha value is -0.960. The van der Waals surface area contributed by atoms with E-state index in [1.165, 1.54) is 0 Å². The first-order valence-corrected chi connectivity index (χ1v) is 4.68. The summed E-state index contributed by atoms with van der Waals surface area (Å²) in [5.74, 6) is 0. The van der Waals surface area contributed by atoms with Gasteiger partial charge in [0.2, 0.25) is 6.43 Å². The van der Waals surface area contributed by atoms with Gasteiger partial charge in [0.15, 0.2) is 0 Å². The van der Waals surface area contributed by atoms with Crippen molar-refractivity contribution in [3.8, 4) is 0 Å². The molecule has 0 spiro atoms. The molecule has 1 aromatic carbocycles. The lowest BCUT2D eigenvalue weighted by Gasteiger charge is -2.09. The van der Waals surface area contributed by atoms with Gasteiger partial charge in [-0.05, 0) is 18.4 Å². The second-order valence-corrected chi connectivity index (χ2v) is 3.30. The first-order chi connectivity index (χ1) is 6.68. The molecular weight excluding hydrogens is 186 g/mol. The topological polar surface area (TPSA) is 20.2 Å². The van der Waals surface area contributed by atoms with Gasteiger partial charge in [-0.3, -0.25) is 0 Å². The molecule has 0 aliphatic heterocycles. The molecule has 0 heterocycles. The number of aliphatic hydroxyl groups is 1. The van der Waals surface area contributed by atoms with Gasteiger partial charge in [-0.1, -0.05) is 30.3 Å². The molecule has 0 aromatic heterocycles. The normalized spacial score (nSPS) is 13.1. The fourth-order valence-corrected chi connectivity index (χ4v) is 1.30. The number of aryl methyl sites for hydroxylation is 1. The molecule has 1 unspecified atom stereocenters. The number of alkyl halides is 2. The third-order valence-corrected chi connectivity index (χ3v) is 2.06. The molecule has 0 aliphatic rings. The molecule has 1 rings (SSSR count). The average Bonchev–Trinajstić information content (AvgIpc) is 2.15. The van der Waals surface area contributed by atoms with Gasteiger partial charge in [0.25, 0.3) is 0 Å². The molecule has 0 bridgehead atoms. The molecule has 1 aromatic rings. The van der Waals surface area contributed by atoms with Gasteiger partial charge < -0.3 is 5.11 Å². The Morgan fingerprint density at radius 3 is 2.36 bits per heavy atom. The molecule has 0 fully saturated rings. The van der Waals surface area contributed by atoms with Crippen LogP contribution >= 0.6 is 0 Å². The minimum absolute atomic E-state index is 0.397. The van der Waals surface area contributed by atoms with E-state index in [9.17, 15) is 13.9 Å². The number of benzene rings is 1. The highest BCUT2D eigenvalue weighted by Crippen LogP contribution is 2.10. The molecule has 78 valence electrons. The largest absolute Gasteiger partial charge is 0.393 e. The highest BCUT2D eigenvalue weighted by molar-refractivity contribution is 5.14. The minimum atomic E-state index is -2.42. The van der Waals surface area contributed by atoms with Crippen molar-refractivity contribution in [1.29, 1.82) is 0 Å². The van der Waals surface area contributed by atoms with Gasteiger partial charge in [0.1, 0.15) is 0 Å². The first-order valence-electron chi connectivity index (χ1n) is 4.68. The van der Waals surface area contributed by atoms with Gasteiger partial charge in [0.05, 0.1) is 6.10 Å². The Bertz CT molecular complexity index is 249. The molecule has 14 heavy (non-hydrogen) atoms. The van der Waals surface area contributed by atoms with Crippen molar-refractivity contribution < 1.29 is 13.9 Å². The van der Waals surface area contributed by atoms with Crippen molar-refractivity contribution in [2.24, 2.45) is 0 Å². The zero-order valence-electron chi connectivity index (χ0n) is 7.87. The van der Waals surface area contributed by atoms with Crippen LogP contribution in [-0.2, 0) is 6.42 Å². The maximum atomic E-state index is 11.9. The van der Waals surface area contributed by atoms with E-state index in [0.717, 1.165) is 5.56 Å². The van der Waals surface area contributed by atoms with Crippen LogP contribution in [0.1, 0.15) is 18.4 Å². The van der Waals surface area contributed by atoms with Gasteiger partial charge in [0, 0.05) is 6.42 Å². The van der Waals surface area contributed by atoms with E-state index in [1.807, 2.05) is 30.3 Å². The summed E-state index contributed by atoms with van der Waals surface area (Å²) in [4.78, 5) is 0. The second kappa shape index (κ2) is 5.70. The van der Waals surface area contributed by atoms with Crippen LogP contribution in [0.4, 0.5) is 8.78 Å². The van der Waals surface area contributed by atoms with E-state index in [1.54, 1.807) is 0 Å². The number of hydrogen-bond acceptors (Lipinski definition) is 1. The van der Waals surface area contributed by atoms with Gasteiger partial charge >= 0.3 is 0 Å². The van der Waals surface area contributed by atoms with Gasteiger partial charge in [-0.15, -0.1) is 0 Å². The number of hydrogen-bond donors (Lipinski definition) is 1. The van der Waals surface area contributed by atoms with Crippen molar-refractivity contribution >= 4 is 0 Å². The zero-order chi connectivity index (χ0) is 10.4. The van der Waals surface area contributed by atoms with Crippen molar-refractivity contribution in [3.05, 3.63) is 35.9 Å². The monoisotopic (exact) mass is 200 g/mol. The van der Waals surface area contributed by atoms with Crippen molar-refractivity contribution in [1.82, 2.24) is 0 Å². The number of aliphatic hydroxyl groups excluding tert-OH is 1. The maximum Gasteiger partial charge on any atom is 0.241 e. The van der Waals surface area contributed by atoms with E-state index in [4.69, 9.17) is 0 Å². The SMILES string of the molecule is OC(CCc1ccccc1)CC(F)F. The molecule has 0 saturated carbocycles. The molecule has 3 heteroatoms. The Kier molecular flexibility index (Phi) is 4.53. The predicted octanol–water partition coefficient (Wildman–Crippen LogP) is 2.64. The molecule has 1 N–H and O–H groups in total. The van der Waals surface area contributed by atoms with Crippen LogP contribution in [0.25, 0.3) is 0 Å². The summed E-state index contributed by atoms with van der Waals surface area (Å²) >= 11 is 0. The fraction of sp³-hybridized carbons (Fsp3) is 0.455. The maximum absolute atomic E-state index is 11.9. The lowest BCUT2D eigenvalue weighted by molar-refractivity contribution is 0.0574. The van der Waals surface area contributed by atoms with E-state index in [0.29, 0.717) is 12.8 Å². The molecule has 0 radical (unpaired) electrons. The average molecular weight is 200 g/mol. The quantitative estimate of drug-likeness (QED) is 0.774.